The van der Waals surface area contributed by atoms with Gasteiger partial charge in [-0.25, -0.2) is 0 Å². The van der Waals surface area contributed by atoms with Crippen LogP contribution in [0.4, 0.5) is 10.8 Å². The minimum Gasteiger partial charge on any atom is -0.319 e. The van der Waals surface area contributed by atoms with E-state index in [2.05, 4.69) is 16.3 Å². The summed E-state index contributed by atoms with van der Waals surface area (Å²) in [6, 6.07) is 12.1. The maximum atomic E-state index is 8.50. The summed E-state index contributed by atoms with van der Waals surface area (Å²) in [6.45, 7) is 0. The van der Waals surface area contributed by atoms with Gasteiger partial charge in [-0.1, -0.05) is 41.3 Å². The molecular formula is C11H10N4S2. The summed E-state index contributed by atoms with van der Waals surface area (Å²) >= 11 is 2.90. The number of benzene rings is 1. The Morgan fingerprint density at radius 2 is 2.12 bits per heavy atom. The number of hydrogen-bond donors (Lipinski definition) is 0. The van der Waals surface area contributed by atoms with Crippen molar-refractivity contribution in [3.05, 3.63) is 30.3 Å². The monoisotopic (exact) mass is 262 g/mol. The van der Waals surface area contributed by atoms with Gasteiger partial charge in [-0.2, -0.15) is 5.26 Å². The summed E-state index contributed by atoms with van der Waals surface area (Å²) in [5.74, 6) is 0.406. The Bertz CT molecular complexity index is 518. The van der Waals surface area contributed by atoms with Gasteiger partial charge >= 0.3 is 0 Å². The fourth-order valence-electron chi connectivity index (χ4n) is 1.25. The highest BCUT2D eigenvalue weighted by Gasteiger charge is 2.10. The van der Waals surface area contributed by atoms with Crippen LogP contribution in [0.15, 0.2) is 34.7 Å². The molecule has 0 saturated heterocycles. The van der Waals surface area contributed by atoms with Crippen LogP contribution in [0.25, 0.3) is 0 Å². The lowest BCUT2D eigenvalue weighted by atomic mass is 10.3. The predicted molar refractivity (Wildman–Crippen MR) is 70.8 cm³/mol. The second-order valence-corrected chi connectivity index (χ2v) is 5.37. The maximum Gasteiger partial charge on any atom is 0.213 e. The molecule has 0 bridgehead atoms. The number of rotatable bonds is 4. The smallest absolute Gasteiger partial charge is 0.213 e. The molecule has 1 aromatic heterocycles. The van der Waals surface area contributed by atoms with Crippen LogP contribution in [0.1, 0.15) is 0 Å². The average Bonchev–Trinajstić information content (AvgIpc) is 2.85. The second-order valence-electron chi connectivity index (χ2n) is 3.19. The molecule has 0 radical (unpaired) electrons. The van der Waals surface area contributed by atoms with Gasteiger partial charge in [0.05, 0.1) is 11.8 Å². The van der Waals surface area contributed by atoms with E-state index < -0.39 is 0 Å². The van der Waals surface area contributed by atoms with Gasteiger partial charge in [0, 0.05) is 12.7 Å². The highest BCUT2D eigenvalue weighted by Crippen LogP contribution is 2.30. The van der Waals surface area contributed by atoms with Crippen molar-refractivity contribution in [3.63, 3.8) is 0 Å². The van der Waals surface area contributed by atoms with E-state index in [4.69, 9.17) is 5.26 Å². The molecule has 0 aliphatic carbocycles. The first-order chi connectivity index (χ1) is 8.31. The normalized spacial score (nSPS) is 9.88. The largest absolute Gasteiger partial charge is 0.319 e. The number of nitriles is 1. The van der Waals surface area contributed by atoms with Gasteiger partial charge in [0.1, 0.15) is 0 Å². The fourth-order valence-corrected chi connectivity index (χ4v) is 2.74. The van der Waals surface area contributed by atoms with Crippen molar-refractivity contribution in [3.8, 4) is 6.07 Å². The Morgan fingerprint density at radius 3 is 2.82 bits per heavy atom. The van der Waals surface area contributed by atoms with Crippen molar-refractivity contribution in [2.45, 2.75) is 4.34 Å². The van der Waals surface area contributed by atoms with Crippen molar-refractivity contribution < 1.29 is 0 Å². The number of nitrogens with zero attached hydrogens (tertiary/aromatic N) is 4. The number of para-hydroxylation sites is 1. The first kappa shape index (κ1) is 11.9. The number of hydrogen-bond acceptors (Lipinski definition) is 6. The molecule has 0 N–H and O–H groups in total. The molecule has 0 atom stereocenters. The lowest BCUT2D eigenvalue weighted by Gasteiger charge is -2.14. The van der Waals surface area contributed by atoms with Crippen molar-refractivity contribution in [1.82, 2.24) is 10.2 Å². The molecule has 6 heteroatoms. The summed E-state index contributed by atoms with van der Waals surface area (Å²) in [7, 11) is 1.95. The molecule has 0 unspecified atom stereocenters. The summed E-state index contributed by atoms with van der Waals surface area (Å²) in [5.41, 5.74) is 1.07. The maximum absolute atomic E-state index is 8.50. The molecular weight excluding hydrogens is 252 g/mol. The Labute approximate surface area is 108 Å². The number of thioether (sulfide) groups is 1. The third-order valence-electron chi connectivity index (χ3n) is 2.09. The van der Waals surface area contributed by atoms with E-state index in [-0.39, 0.29) is 0 Å². The molecule has 0 aliphatic rings. The molecule has 0 amide bonds. The molecule has 0 saturated carbocycles. The molecule has 86 valence electrons. The Kier molecular flexibility index (Phi) is 3.96. The third kappa shape index (κ3) is 2.96. The van der Waals surface area contributed by atoms with Crippen molar-refractivity contribution in [2.75, 3.05) is 17.7 Å². The average molecular weight is 262 g/mol. The van der Waals surface area contributed by atoms with Gasteiger partial charge in [0.15, 0.2) is 4.34 Å². The highest BCUT2D eigenvalue weighted by atomic mass is 32.2. The summed E-state index contributed by atoms with van der Waals surface area (Å²) in [5, 5.41) is 17.5. The van der Waals surface area contributed by atoms with Crippen LogP contribution in [-0.4, -0.2) is 23.0 Å². The SMILES string of the molecule is CN(c1ccccc1)c1nnc(SCC#N)s1. The van der Waals surface area contributed by atoms with Crippen LogP contribution in [0.3, 0.4) is 0 Å². The van der Waals surface area contributed by atoms with Crippen LogP contribution in [-0.2, 0) is 0 Å². The van der Waals surface area contributed by atoms with Gasteiger partial charge in [-0.15, -0.1) is 10.2 Å². The first-order valence-electron chi connectivity index (χ1n) is 4.93. The highest BCUT2D eigenvalue weighted by molar-refractivity contribution is 8.01. The summed E-state index contributed by atoms with van der Waals surface area (Å²) < 4.78 is 0.823. The zero-order valence-electron chi connectivity index (χ0n) is 9.20. The number of anilines is 2. The van der Waals surface area contributed by atoms with E-state index in [1.165, 1.54) is 23.1 Å². The van der Waals surface area contributed by atoms with E-state index in [0.717, 1.165) is 15.2 Å². The Hall–Kier alpha value is -1.58. The lowest BCUT2D eigenvalue weighted by Crippen LogP contribution is -2.08. The molecule has 4 nitrogen and oxygen atoms in total. The molecule has 0 spiro atoms. The van der Waals surface area contributed by atoms with Crippen molar-refractivity contribution in [2.24, 2.45) is 0 Å². The van der Waals surface area contributed by atoms with E-state index in [0.29, 0.717) is 5.75 Å². The van der Waals surface area contributed by atoms with E-state index in [1.807, 2.05) is 42.3 Å². The summed E-state index contributed by atoms with van der Waals surface area (Å²) in [6.07, 6.45) is 0. The van der Waals surface area contributed by atoms with E-state index in [9.17, 15) is 0 Å². The van der Waals surface area contributed by atoms with Gasteiger partial charge < -0.3 is 4.90 Å². The van der Waals surface area contributed by atoms with E-state index >= 15 is 0 Å². The third-order valence-corrected chi connectivity index (χ3v) is 4.09. The van der Waals surface area contributed by atoms with Gasteiger partial charge in [0.2, 0.25) is 5.13 Å². The van der Waals surface area contributed by atoms with Crippen LogP contribution < -0.4 is 4.90 Å². The van der Waals surface area contributed by atoms with Gasteiger partial charge in [0.25, 0.3) is 0 Å². The zero-order chi connectivity index (χ0) is 12.1. The first-order valence-corrected chi connectivity index (χ1v) is 6.73. The van der Waals surface area contributed by atoms with Crippen LogP contribution >= 0.6 is 23.1 Å². The zero-order valence-corrected chi connectivity index (χ0v) is 10.8. The van der Waals surface area contributed by atoms with Crippen molar-refractivity contribution >= 4 is 33.9 Å². The van der Waals surface area contributed by atoms with Gasteiger partial charge in [-0.3, -0.25) is 0 Å². The standard InChI is InChI=1S/C11H10N4S2/c1-15(9-5-3-2-4-6-9)10-13-14-11(17-10)16-8-7-12/h2-6H,8H2,1H3. The topological polar surface area (TPSA) is 52.8 Å². The molecule has 2 rings (SSSR count). The summed E-state index contributed by atoms with van der Waals surface area (Å²) in [4.78, 5) is 1.98. The van der Waals surface area contributed by atoms with Crippen LogP contribution in [0.5, 0.6) is 0 Å². The van der Waals surface area contributed by atoms with Crippen LogP contribution in [0, 0.1) is 11.3 Å². The minimum absolute atomic E-state index is 0.406. The molecule has 2 aromatic rings. The molecule has 0 fully saturated rings. The minimum atomic E-state index is 0.406. The fraction of sp³-hybridized carbons (Fsp3) is 0.182. The second kappa shape index (κ2) is 5.66. The number of aromatic nitrogens is 2. The molecule has 1 heterocycles. The Balaban J connectivity index is 2.13. The molecule has 17 heavy (non-hydrogen) atoms. The van der Waals surface area contributed by atoms with E-state index in [1.54, 1.807) is 0 Å². The van der Waals surface area contributed by atoms with Crippen molar-refractivity contribution in [1.29, 1.82) is 5.26 Å². The lowest BCUT2D eigenvalue weighted by molar-refractivity contribution is 0.988. The molecule has 1 aromatic carbocycles. The molecule has 0 aliphatic heterocycles. The van der Waals surface area contributed by atoms with Crippen LogP contribution in [0.2, 0.25) is 0 Å². The van der Waals surface area contributed by atoms with Gasteiger partial charge in [-0.05, 0) is 12.1 Å². The predicted octanol–water partition coefficient (Wildman–Crippen LogP) is 2.92. The Morgan fingerprint density at radius 1 is 1.35 bits per heavy atom. The quantitative estimate of drug-likeness (QED) is 0.793.